The van der Waals surface area contributed by atoms with E-state index in [9.17, 15) is 23.5 Å². The highest BCUT2D eigenvalue weighted by Gasteiger charge is 2.29. The summed E-state index contributed by atoms with van der Waals surface area (Å²) in [5.74, 6) is -3.94. The van der Waals surface area contributed by atoms with Gasteiger partial charge in [-0.3, -0.25) is 9.59 Å². The highest BCUT2D eigenvalue weighted by Crippen LogP contribution is 2.25. The number of aliphatic hydroxyl groups excluding tert-OH is 1. The standard InChI is InChI=1S/C15H17ClF2N2O3/c1-8(21)9-2-4-20(5-3-9)15(23)14(22)19-13-7-12(18)11(17)6-10(13)16/h6-9,21H,2-5H2,1H3,(H,19,22). The van der Waals surface area contributed by atoms with Crippen LogP contribution < -0.4 is 5.32 Å². The number of likely N-dealkylation sites (tertiary alicyclic amines) is 1. The number of carbonyl (C=O) groups is 2. The van der Waals surface area contributed by atoms with Gasteiger partial charge in [0.1, 0.15) is 0 Å². The van der Waals surface area contributed by atoms with Crippen LogP contribution in [0.15, 0.2) is 12.1 Å². The van der Waals surface area contributed by atoms with Crippen molar-refractivity contribution in [2.24, 2.45) is 5.92 Å². The summed E-state index contributed by atoms with van der Waals surface area (Å²) in [7, 11) is 0. The normalized spacial score (nSPS) is 17.0. The lowest BCUT2D eigenvalue weighted by molar-refractivity contribution is -0.144. The zero-order valence-electron chi connectivity index (χ0n) is 12.5. The second kappa shape index (κ2) is 7.23. The highest BCUT2D eigenvalue weighted by atomic mass is 35.5. The first-order valence-electron chi connectivity index (χ1n) is 7.22. The Hall–Kier alpha value is -1.73. The van der Waals surface area contributed by atoms with Gasteiger partial charge in [-0.05, 0) is 31.7 Å². The minimum Gasteiger partial charge on any atom is -0.393 e. The van der Waals surface area contributed by atoms with Gasteiger partial charge in [0.05, 0.1) is 16.8 Å². The second-order valence-electron chi connectivity index (χ2n) is 5.57. The van der Waals surface area contributed by atoms with Crippen LogP contribution in [0, 0.1) is 17.6 Å². The predicted octanol–water partition coefficient (Wildman–Crippen LogP) is 2.18. The third-order valence-corrected chi connectivity index (χ3v) is 4.27. The summed E-state index contributed by atoms with van der Waals surface area (Å²) in [6, 6.07) is 1.45. The Morgan fingerprint density at radius 1 is 1.30 bits per heavy atom. The van der Waals surface area contributed by atoms with Gasteiger partial charge in [-0.2, -0.15) is 0 Å². The molecule has 1 heterocycles. The lowest BCUT2D eigenvalue weighted by atomic mass is 9.92. The molecule has 0 saturated carbocycles. The molecule has 2 N–H and O–H groups in total. The number of halogens is 3. The molecule has 1 fully saturated rings. The predicted molar refractivity (Wildman–Crippen MR) is 81.0 cm³/mol. The molecular weight excluding hydrogens is 330 g/mol. The molecular formula is C15H17ClF2N2O3. The molecule has 0 spiro atoms. The van der Waals surface area contributed by atoms with Crippen LogP contribution in [0.5, 0.6) is 0 Å². The SMILES string of the molecule is CC(O)C1CCN(C(=O)C(=O)Nc2cc(F)c(F)cc2Cl)CC1. The first kappa shape index (κ1) is 17.6. The Kier molecular flexibility index (Phi) is 5.54. The van der Waals surface area contributed by atoms with Crippen LogP contribution in [0.1, 0.15) is 19.8 Å². The van der Waals surface area contributed by atoms with Crippen LogP contribution in [0.3, 0.4) is 0 Å². The van der Waals surface area contributed by atoms with Crippen LogP contribution >= 0.6 is 11.6 Å². The average Bonchev–Trinajstić information content (AvgIpc) is 2.51. The van der Waals surface area contributed by atoms with Crippen molar-refractivity contribution >= 4 is 29.1 Å². The smallest absolute Gasteiger partial charge is 0.313 e. The van der Waals surface area contributed by atoms with Crippen LogP contribution in [0.25, 0.3) is 0 Å². The summed E-state index contributed by atoms with van der Waals surface area (Å²) in [5, 5.41) is 11.5. The van der Waals surface area contributed by atoms with Gasteiger partial charge in [-0.25, -0.2) is 8.78 Å². The van der Waals surface area contributed by atoms with E-state index >= 15 is 0 Å². The number of anilines is 1. The van der Waals surface area contributed by atoms with Crippen molar-refractivity contribution in [3.63, 3.8) is 0 Å². The Bertz CT molecular complexity index is 617. The highest BCUT2D eigenvalue weighted by molar-refractivity contribution is 6.41. The molecule has 0 aromatic heterocycles. The number of piperidine rings is 1. The van der Waals surface area contributed by atoms with E-state index < -0.39 is 29.6 Å². The number of rotatable bonds is 2. The largest absolute Gasteiger partial charge is 0.393 e. The van der Waals surface area contributed by atoms with E-state index in [4.69, 9.17) is 11.6 Å². The topological polar surface area (TPSA) is 69.6 Å². The summed E-state index contributed by atoms with van der Waals surface area (Å²) in [6.45, 7) is 2.40. The molecule has 1 atom stereocenters. The number of carbonyl (C=O) groups excluding carboxylic acids is 2. The Balaban J connectivity index is 1.99. The molecule has 2 rings (SSSR count). The van der Waals surface area contributed by atoms with Crippen molar-refractivity contribution in [3.8, 4) is 0 Å². The van der Waals surface area contributed by atoms with E-state index in [1.165, 1.54) is 4.90 Å². The van der Waals surface area contributed by atoms with Crippen molar-refractivity contribution in [2.45, 2.75) is 25.9 Å². The second-order valence-corrected chi connectivity index (χ2v) is 5.98. The number of benzene rings is 1. The molecule has 1 aromatic carbocycles. The van der Waals surface area contributed by atoms with Crippen LogP contribution in [0.2, 0.25) is 5.02 Å². The van der Waals surface area contributed by atoms with Gasteiger partial charge >= 0.3 is 11.8 Å². The lowest BCUT2D eigenvalue weighted by Crippen LogP contribution is -2.45. The molecule has 0 bridgehead atoms. The van der Waals surface area contributed by atoms with Crippen molar-refractivity contribution in [1.82, 2.24) is 4.90 Å². The maximum Gasteiger partial charge on any atom is 0.313 e. The van der Waals surface area contributed by atoms with Gasteiger partial charge in [-0.1, -0.05) is 11.6 Å². The number of aliphatic hydroxyl groups is 1. The molecule has 1 aliphatic heterocycles. The lowest BCUT2D eigenvalue weighted by Gasteiger charge is -2.32. The van der Waals surface area contributed by atoms with Gasteiger partial charge in [-0.15, -0.1) is 0 Å². The third kappa shape index (κ3) is 4.17. The molecule has 1 aromatic rings. The molecule has 1 aliphatic rings. The van der Waals surface area contributed by atoms with Gasteiger partial charge in [0.25, 0.3) is 0 Å². The van der Waals surface area contributed by atoms with E-state index in [1.54, 1.807) is 6.92 Å². The maximum absolute atomic E-state index is 13.2. The van der Waals surface area contributed by atoms with Gasteiger partial charge in [0, 0.05) is 19.2 Å². The van der Waals surface area contributed by atoms with Gasteiger partial charge in [0.15, 0.2) is 11.6 Å². The van der Waals surface area contributed by atoms with Crippen LogP contribution in [-0.2, 0) is 9.59 Å². The first-order chi connectivity index (χ1) is 10.8. The fourth-order valence-corrected chi connectivity index (χ4v) is 2.72. The molecule has 0 radical (unpaired) electrons. The Morgan fingerprint density at radius 2 is 1.87 bits per heavy atom. The molecule has 2 amide bonds. The molecule has 8 heteroatoms. The maximum atomic E-state index is 13.2. The van der Waals surface area contributed by atoms with Crippen molar-refractivity contribution in [3.05, 3.63) is 28.8 Å². The number of amides is 2. The minimum absolute atomic E-state index is 0.0998. The summed E-state index contributed by atoms with van der Waals surface area (Å²) in [5.41, 5.74) is -0.164. The molecule has 23 heavy (non-hydrogen) atoms. The molecule has 1 saturated heterocycles. The van der Waals surface area contributed by atoms with E-state index in [0.29, 0.717) is 25.9 Å². The molecule has 5 nitrogen and oxygen atoms in total. The van der Waals surface area contributed by atoms with E-state index in [-0.39, 0.29) is 16.6 Å². The van der Waals surface area contributed by atoms with Crippen molar-refractivity contribution in [2.75, 3.05) is 18.4 Å². The number of nitrogens with zero attached hydrogens (tertiary/aromatic N) is 1. The van der Waals surface area contributed by atoms with E-state index in [2.05, 4.69) is 5.32 Å². The van der Waals surface area contributed by atoms with Crippen LogP contribution in [-0.4, -0.2) is 41.0 Å². The van der Waals surface area contributed by atoms with Crippen molar-refractivity contribution in [1.29, 1.82) is 0 Å². The zero-order valence-corrected chi connectivity index (χ0v) is 13.2. The summed E-state index contributed by atoms with van der Waals surface area (Å²) >= 11 is 5.72. The van der Waals surface area contributed by atoms with E-state index in [0.717, 1.165) is 12.1 Å². The summed E-state index contributed by atoms with van der Waals surface area (Å²) < 4.78 is 26.2. The number of hydrogen-bond donors (Lipinski definition) is 2. The summed E-state index contributed by atoms with van der Waals surface area (Å²) in [4.78, 5) is 25.4. The van der Waals surface area contributed by atoms with Gasteiger partial charge in [0.2, 0.25) is 0 Å². The van der Waals surface area contributed by atoms with Crippen LogP contribution in [0.4, 0.5) is 14.5 Å². The summed E-state index contributed by atoms with van der Waals surface area (Å²) in [6.07, 6.45) is 0.743. The third-order valence-electron chi connectivity index (χ3n) is 3.96. The molecule has 0 aliphatic carbocycles. The Labute approximate surface area is 137 Å². The number of nitrogens with one attached hydrogen (secondary N) is 1. The fourth-order valence-electron chi connectivity index (χ4n) is 2.52. The monoisotopic (exact) mass is 346 g/mol. The number of hydrogen-bond acceptors (Lipinski definition) is 3. The first-order valence-corrected chi connectivity index (χ1v) is 7.60. The van der Waals surface area contributed by atoms with Gasteiger partial charge < -0.3 is 15.3 Å². The average molecular weight is 347 g/mol. The fraction of sp³-hybridized carbons (Fsp3) is 0.467. The quantitative estimate of drug-likeness (QED) is 0.637. The Morgan fingerprint density at radius 3 is 2.43 bits per heavy atom. The molecule has 126 valence electrons. The minimum atomic E-state index is -1.17. The molecule has 1 unspecified atom stereocenters. The van der Waals surface area contributed by atoms with E-state index in [1.807, 2.05) is 0 Å². The van der Waals surface area contributed by atoms with Crippen molar-refractivity contribution < 1.29 is 23.5 Å². The zero-order chi connectivity index (χ0) is 17.1.